The van der Waals surface area contributed by atoms with Crippen LogP contribution in [-0.2, 0) is 31.2 Å². The van der Waals surface area contributed by atoms with E-state index in [2.05, 4.69) is 41.5 Å². The van der Waals surface area contributed by atoms with Crippen LogP contribution in [0.15, 0.2) is 64.9 Å². The van der Waals surface area contributed by atoms with E-state index in [9.17, 15) is 4.79 Å². The standard InChI is InChI=1S/C25H28N2O4/c1-17(25(15-22(25)18-13-14-18)20-10-5-4-6-11-20)26-31-16-19-9-7-8-12-21(19)23(27-30-3)24(28)29-2/h4-12,18,22H,13-16H2,1-3H3/b26-17?,27-23+. The molecule has 6 heteroatoms. The summed E-state index contributed by atoms with van der Waals surface area (Å²) in [6.45, 7) is 2.28. The molecule has 0 spiro atoms. The number of nitrogens with zero attached hydrogens (tertiary/aromatic N) is 2. The molecule has 162 valence electrons. The van der Waals surface area contributed by atoms with Gasteiger partial charge in [0.05, 0.1) is 12.8 Å². The molecule has 0 bridgehead atoms. The molecule has 2 aromatic rings. The van der Waals surface area contributed by atoms with Crippen LogP contribution in [0.5, 0.6) is 0 Å². The van der Waals surface area contributed by atoms with E-state index in [4.69, 9.17) is 14.4 Å². The number of carbonyl (C=O) groups excluding carboxylic acids is 1. The molecule has 0 aliphatic heterocycles. The van der Waals surface area contributed by atoms with E-state index in [-0.39, 0.29) is 17.7 Å². The number of benzene rings is 2. The van der Waals surface area contributed by atoms with Crippen LogP contribution in [0.25, 0.3) is 0 Å². The number of rotatable bonds is 9. The highest BCUT2D eigenvalue weighted by Gasteiger charge is 2.62. The molecule has 0 N–H and O–H groups in total. The Morgan fingerprint density at radius 2 is 1.74 bits per heavy atom. The van der Waals surface area contributed by atoms with Gasteiger partial charge >= 0.3 is 5.97 Å². The number of hydrogen-bond acceptors (Lipinski definition) is 6. The fraction of sp³-hybridized carbons (Fsp3) is 0.400. The van der Waals surface area contributed by atoms with Gasteiger partial charge in [0.2, 0.25) is 0 Å². The van der Waals surface area contributed by atoms with Gasteiger partial charge in [-0.05, 0) is 43.6 Å². The molecule has 2 fully saturated rings. The van der Waals surface area contributed by atoms with Crippen molar-refractivity contribution < 1.29 is 19.2 Å². The quantitative estimate of drug-likeness (QED) is 0.341. The molecule has 2 atom stereocenters. The largest absolute Gasteiger partial charge is 0.464 e. The molecule has 2 aromatic carbocycles. The van der Waals surface area contributed by atoms with Crippen LogP contribution in [0.3, 0.4) is 0 Å². The highest BCUT2D eigenvalue weighted by molar-refractivity contribution is 6.43. The lowest BCUT2D eigenvalue weighted by Gasteiger charge is -2.18. The van der Waals surface area contributed by atoms with Gasteiger partial charge in [-0.1, -0.05) is 64.9 Å². The van der Waals surface area contributed by atoms with Gasteiger partial charge in [-0.3, -0.25) is 0 Å². The first kappa shape index (κ1) is 21.1. The maximum absolute atomic E-state index is 12.1. The fourth-order valence-corrected chi connectivity index (χ4v) is 4.59. The number of oxime groups is 2. The Bertz CT molecular complexity index is 998. The minimum atomic E-state index is -0.567. The fourth-order valence-electron chi connectivity index (χ4n) is 4.59. The van der Waals surface area contributed by atoms with Gasteiger partial charge in [0.15, 0.2) is 5.71 Å². The van der Waals surface area contributed by atoms with E-state index in [1.54, 1.807) is 6.07 Å². The number of hydrogen-bond donors (Lipinski definition) is 0. The second kappa shape index (κ2) is 8.92. The summed E-state index contributed by atoms with van der Waals surface area (Å²) in [4.78, 5) is 22.8. The monoisotopic (exact) mass is 420 g/mol. The zero-order chi connectivity index (χ0) is 21.8. The summed E-state index contributed by atoms with van der Waals surface area (Å²) in [7, 11) is 2.71. The summed E-state index contributed by atoms with van der Waals surface area (Å²) in [5.41, 5.74) is 3.79. The van der Waals surface area contributed by atoms with Gasteiger partial charge in [0.1, 0.15) is 13.7 Å². The van der Waals surface area contributed by atoms with Crippen LogP contribution in [0.2, 0.25) is 0 Å². The smallest absolute Gasteiger partial charge is 0.360 e. The Morgan fingerprint density at radius 3 is 2.42 bits per heavy atom. The van der Waals surface area contributed by atoms with Gasteiger partial charge in [-0.2, -0.15) is 0 Å². The molecule has 2 aliphatic carbocycles. The average Bonchev–Trinajstić information content (AvgIpc) is 3.71. The average molecular weight is 421 g/mol. The Kier molecular flexibility index (Phi) is 6.07. The summed E-state index contributed by atoms with van der Waals surface area (Å²) in [5, 5.41) is 8.38. The Hall–Kier alpha value is -3.15. The van der Waals surface area contributed by atoms with Crippen molar-refractivity contribution in [3.63, 3.8) is 0 Å². The third-order valence-electron chi connectivity index (χ3n) is 6.40. The normalized spacial score (nSPS) is 23.3. The molecular formula is C25H28N2O4. The lowest BCUT2D eigenvalue weighted by molar-refractivity contribution is -0.132. The second-order valence-corrected chi connectivity index (χ2v) is 8.21. The van der Waals surface area contributed by atoms with E-state index >= 15 is 0 Å². The van der Waals surface area contributed by atoms with Gasteiger partial charge < -0.3 is 14.4 Å². The Labute approximate surface area is 182 Å². The molecule has 0 amide bonds. The molecule has 0 radical (unpaired) electrons. The lowest BCUT2D eigenvalue weighted by Crippen LogP contribution is -2.22. The molecule has 2 unspecified atom stereocenters. The molecular weight excluding hydrogens is 392 g/mol. The predicted molar refractivity (Wildman–Crippen MR) is 119 cm³/mol. The van der Waals surface area contributed by atoms with Crippen molar-refractivity contribution in [1.82, 2.24) is 0 Å². The first-order valence-corrected chi connectivity index (χ1v) is 10.6. The minimum Gasteiger partial charge on any atom is -0.464 e. The maximum Gasteiger partial charge on any atom is 0.360 e. The third kappa shape index (κ3) is 4.20. The number of ether oxygens (including phenoxy) is 1. The summed E-state index contributed by atoms with van der Waals surface area (Å²) in [6.07, 6.45) is 3.76. The highest BCUT2D eigenvalue weighted by atomic mass is 16.6. The van der Waals surface area contributed by atoms with Crippen LogP contribution in [0.4, 0.5) is 0 Å². The van der Waals surface area contributed by atoms with Gasteiger partial charge in [-0.25, -0.2) is 4.79 Å². The van der Waals surface area contributed by atoms with Crippen molar-refractivity contribution in [2.75, 3.05) is 14.2 Å². The van der Waals surface area contributed by atoms with Crippen LogP contribution < -0.4 is 0 Å². The Balaban J connectivity index is 1.54. The van der Waals surface area contributed by atoms with E-state index in [1.165, 1.54) is 32.6 Å². The van der Waals surface area contributed by atoms with Crippen LogP contribution in [0, 0.1) is 11.8 Å². The van der Waals surface area contributed by atoms with Crippen molar-refractivity contribution in [2.24, 2.45) is 22.1 Å². The first-order chi connectivity index (χ1) is 15.1. The van der Waals surface area contributed by atoms with Crippen LogP contribution >= 0.6 is 0 Å². The Morgan fingerprint density at radius 1 is 1.03 bits per heavy atom. The molecule has 4 rings (SSSR count). The summed E-state index contributed by atoms with van der Waals surface area (Å²) in [6, 6.07) is 18.0. The summed E-state index contributed by atoms with van der Waals surface area (Å²) >= 11 is 0. The van der Waals surface area contributed by atoms with Crippen LogP contribution in [0.1, 0.15) is 42.9 Å². The van der Waals surface area contributed by atoms with Gasteiger partial charge in [-0.15, -0.1) is 0 Å². The third-order valence-corrected chi connectivity index (χ3v) is 6.40. The van der Waals surface area contributed by atoms with E-state index < -0.39 is 5.97 Å². The van der Waals surface area contributed by atoms with Crippen molar-refractivity contribution in [1.29, 1.82) is 0 Å². The molecule has 0 saturated heterocycles. The zero-order valence-corrected chi connectivity index (χ0v) is 18.2. The molecule has 2 aliphatic rings. The number of carbonyl (C=O) groups is 1. The topological polar surface area (TPSA) is 69.5 Å². The molecule has 0 aromatic heterocycles. The summed E-state index contributed by atoms with van der Waals surface area (Å²) < 4.78 is 4.84. The van der Waals surface area contributed by atoms with Crippen molar-refractivity contribution in [3.05, 3.63) is 71.3 Å². The highest BCUT2D eigenvalue weighted by Crippen LogP contribution is 2.64. The van der Waals surface area contributed by atoms with Gasteiger partial charge in [0.25, 0.3) is 0 Å². The van der Waals surface area contributed by atoms with Crippen molar-refractivity contribution in [2.45, 2.75) is 38.2 Å². The molecule has 2 saturated carbocycles. The molecule has 31 heavy (non-hydrogen) atoms. The maximum atomic E-state index is 12.1. The second-order valence-electron chi connectivity index (χ2n) is 8.21. The molecule has 6 nitrogen and oxygen atoms in total. The molecule has 0 heterocycles. The van der Waals surface area contributed by atoms with Gasteiger partial charge in [0, 0.05) is 16.5 Å². The predicted octanol–water partition coefficient (Wildman–Crippen LogP) is 4.47. The van der Waals surface area contributed by atoms with Crippen molar-refractivity contribution in [3.8, 4) is 0 Å². The lowest BCUT2D eigenvalue weighted by atomic mass is 9.87. The van der Waals surface area contributed by atoms with Crippen molar-refractivity contribution >= 4 is 17.4 Å². The SMILES string of the molecule is CO/N=C(/C(=O)OC)c1ccccc1CON=C(C)C1(c2ccccc2)CC1C1CC1. The van der Waals surface area contributed by atoms with E-state index in [0.29, 0.717) is 11.5 Å². The van der Waals surface area contributed by atoms with E-state index in [1.807, 2.05) is 24.3 Å². The number of methoxy groups -OCH3 is 1. The number of esters is 1. The minimum absolute atomic E-state index is 0.0172. The summed E-state index contributed by atoms with van der Waals surface area (Å²) in [5.74, 6) is 0.885. The van der Waals surface area contributed by atoms with E-state index in [0.717, 1.165) is 23.6 Å². The zero-order valence-electron chi connectivity index (χ0n) is 18.2. The first-order valence-electron chi connectivity index (χ1n) is 10.6. The van der Waals surface area contributed by atoms with Crippen LogP contribution in [-0.4, -0.2) is 31.6 Å².